The molecular weight excluding hydrogens is 370 g/mol. The molecule has 0 amide bonds. The Bertz CT molecular complexity index is 840. The molecule has 0 N–H and O–H groups in total. The summed E-state index contributed by atoms with van der Waals surface area (Å²) in [5.41, 5.74) is 0.954. The number of carbonyl (C=O) groups is 1. The molecule has 4 rings (SSSR count). The van der Waals surface area contributed by atoms with E-state index < -0.39 is 5.97 Å². The molecule has 7 heteroatoms. The Morgan fingerprint density at radius 3 is 2.86 bits per heavy atom. The smallest absolute Gasteiger partial charge is 0.363 e. The zero-order chi connectivity index (χ0) is 15.1. The molecule has 2 aliphatic heterocycles. The number of esters is 1. The second-order valence-corrected chi connectivity index (χ2v) is 7.04. The Morgan fingerprint density at radius 2 is 2.05 bits per heavy atom. The molecule has 1 aromatic heterocycles. The third kappa shape index (κ3) is 2.42. The van der Waals surface area contributed by atoms with Crippen LogP contribution in [0.1, 0.15) is 10.4 Å². The predicted octanol–water partition coefficient (Wildman–Crippen LogP) is 3.58. The minimum absolute atomic E-state index is 0.198. The molecule has 0 atom stereocenters. The van der Waals surface area contributed by atoms with Crippen molar-refractivity contribution in [2.75, 3.05) is 6.79 Å². The monoisotopic (exact) mass is 377 g/mol. The third-order valence-electron chi connectivity index (χ3n) is 3.11. The molecule has 0 fully saturated rings. The fourth-order valence-electron chi connectivity index (χ4n) is 2.10. The zero-order valence-corrected chi connectivity index (χ0v) is 13.4. The lowest BCUT2D eigenvalue weighted by Crippen LogP contribution is -2.05. The minimum atomic E-state index is -0.461. The molecule has 0 saturated heterocycles. The second kappa shape index (κ2) is 5.26. The van der Waals surface area contributed by atoms with Gasteiger partial charge in [0.2, 0.25) is 12.7 Å². The van der Waals surface area contributed by atoms with Crippen LogP contribution in [-0.2, 0) is 9.53 Å². The summed E-state index contributed by atoms with van der Waals surface area (Å²) in [5.74, 6) is 1.10. The average Bonchev–Trinajstić information content (AvgIpc) is 3.20. The van der Waals surface area contributed by atoms with Gasteiger partial charge in [0.25, 0.3) is 0 Å². The van der Waals surface area contributed by atoms with E-state index in [1.807, 2.05) is 12.1 Å². The van der Waals surface area contributed by atoms with Crippen molar-refractivity contribution < 1.29 is 19.0 Å². The summed E-state index contributed by atoms with van der Waals surface area (Å²) in [5, 5.41) is 0. The maximum Gasteiger partial charge on any atom is 0.363 e. The van der Waals surface area contributed by atoms with Gasteiger partial charge in [0.1, 0.15) is 0 Å². The first-order chi connectivity index (χ1) is 10.7. The van der Waals surface area contributed by atoms with Gasteiger partial charge < -0.3 is 14.2 Å². The topological polar surface area (TPSA) is 57.1 Å². The first kappa shape index (κ1) is 13.5. The fraction of sp³-hybridized carbons (Fsp3) is 0.0667. The van der Waals surface area contributed by atoms with Crippen LogP contribution in [0.3, 0.4) is 0 Å². The van der Waals surface area contributed by atoms with Crippen LogP contribution in [0.2, 0.25) is 0 Å². The Labute approximate surface area is 138 Å². The highest BCUT2D eigenvalue weighted by Crippen LogP contribution is 2.34. The van der Waals surface area contributed by atoms with Crippen LogP contribution < -0.4 is 9.47 Å². The van der Waals surface area contributed by atoms with Gasteiger partial charge in [0.05, 0.1) is 3.79 Å². The number of hydrogen-bond acceptors (Lipinski definition) is 6. The van der Waals surface area contributed by atoms with Crippen molar-refractivity contribution in [1.29, 1.82) is 0 Å². The molecule has 5 nitrogen and oxygen atoms in total. The van der Waals surface area contributed by atoms with Gasteiger partial charge in [-0.1, -0.05) is 0 Å². The van der Waals surface area contributed by atoms with E-state index >= 15 is 0 Å². The first-order valence-corrected chi connectivity index (χ1v) is 7.98. The maximum atomic E-state index is 11.9. The van der Waals surface area contributed by atoms with Crippen molar-refractivity contribution in [3.05, 3.63) is 50.3 Å². The highest BCUT2D eigenvalue weighted by molar-refractivity contribution is 9.11. The summed E-state index contributed by atoms with van der Waals surface area (Å²) in [6.07, 6.45) is 1.71. The van der Waals surface area contributed by atoms with Crippen LogP contribution >= 0.6 is 27.3 Å². The molecule has 110 valence electrons. The lowest BCUT2D eigenvalue weighted by atomic mass is 10.2. The van der Waals surface area contributed by atoms with E-state index in [4.69, 9.17) is 14.2 Å². The number of rotatable bonds is 2. The van der Waals surface area contributed by atoms with Crippen LogP contribution in [0.15, 0.2) is 44.8 Å². The van der Waals surface area contributed by atoms with Crippen molar-refractivity contribution in [2.24, 2.45) is 4.99 Å². The van der Waals surface area contributed by atoms with Crippen LogP contribution in [0.5, 0.6) is 11.5 Å². The molecule has 3 heterocycles. The van der Waals surface area contributed by atoms with E-state index in [-0.39, 0.29) is 18.4 Å². The normalized spacial score (nSPS) is 17.8. The van der Waals surface area contributed by atoms with Gasteiger partial charge >= 0.3 is 5.97 Å². The summed E-state index contributed by atoms with van der Waals surface area (Å²) in [7, 11) is 0. The van der Waals surface area contributed by atoms with Crippen LogP contribution in [0.25, 0.3) is 6.08 Å². The molecule has 0 radical (unpaired) electrons. The number of halogens is 1. The largest absolute Gasteiger partial charge is 0.454 e. The summed E-state index contributed by atoms with van der Waals surface area (Å²) in [4.78, 5) is 17.1. The number of carbonyl (C=O) groups excluding carboxylic acids is 1. The van der Waals surface area contributed by atoms with Crippen LogP contribution in [0, 0.1) is 0 Å². The molecule has 0 unspecified atom stereocenters. The number of hydrogen-bond donors (Lipinski definition) is 0. The number of ether oxygens (including phenoxy) is 3. The van der Waals surface area contributed by atoms with Gasteiger partial charge in [-0.3, -0.25) is 0 Å². The Balaban J connectivity index is 1.67. The zero-order valence-electron chi connectivity index (χ0n) is 11.0. The van der Waals surface area contributed by atoms with E-state index in [0.29, 0.717) is 17.1 Å². The number of aliphatic imine (C=N–C) groups is 1. The van der Waals surface area contributed by atoms with Gasteiger partial charge in [-0.15, -0.1) is 11.3 Å². The van der Waals surface area contributed by atoms with E-state index in [0.717, 1.165) is 8.66 Å². The van der Waals surface area contributed by atoms with E-state index in [1.54, 1.807) is 24.3 Å². The van der Waals surface area contributed by atoms with E-state index in [9.17, 15) is 4.79 Å². The molecule has 22 heavy (non-hydrogen) atoms. The lowest BCUT2D eigenvalue weighted by Gasteiger charge is -2.01. The van der Waals surface area contributed by atoms with E-state index in [1.165, 1.54) is 11.3 Å². The highest BCUT2D eigenvalue weighted by Gasteiger charge is 2.26. The third-order valence-corrected chi connectivity index (χ3v) is 4.68. The quantitative estimate of drug-likeness (QED) is 0.592. The Hall–Kier alpha value is -2.12. The number of thiophene rings is 1. The SMILES string of the molecule is O=C1OC(c2ccc3c(c2)OCO3)=NC1=Cc1ccc(Br)s1. The number of fused-ring (bicyclic) bond motifs is 1. The molecular formula is C15H8BrNO4S. The summed E-state index contributed by atoms with van der Waals surface area (Å²) < 4.78 is 16.8. The minimum Gasteiger partial charge on any atom is -0.454 e. The van der Waals surface area contributed by atoms with Crippen molar-refractivity contribution >= 4 is 45.2 Å². The first-order valence-electron chi connectivity index (χ1n) is 6.37. The summed E-state index contributed by atoms with van der Waals surface area (Å²) in [6.45, 7) is 0.198. The van der Waals surface area contributed by atoms with Gasteiger partial charge in [0.15, 0.2) is 17.2 Å². The molecule has 0 aliphatic carbocycles. The molecule has 0 bridgehead atoms. The van der Waals surface area contributed by atoms with Gasteiger partial charge in [0, 0.05) is 10.4 Å². The lowest BCUT2D eigenvalue weighted by molar-refractivity contribution is -0.129. The number of nitrogens with zero attached hydrogens (tertiary/aromatic N) is 1. The Morgan fingerprint density at radius 1 is 1.18 bits per heavy atom. The summed E-state index contributed by atoms with van der Waals surface area (Å²) >= 11 is 4.90. The van der Waals surface area contributed by atoms with Crippen molar-refractivity contribution in [3.63, 3.8) is 0 Å². The standard InChI is InChI=1S/C15H8BrNO4S/c16-13-4-2-9(22-13)6-10-15(18)21-14(17-10)8-1-3-11-12(5-8)20-7-19-11/h1-6H,7H2. The predicted molar refractivity (Wildman–Crippen MR) is 85.2 cm³/mol. The number of cyclic esters (lactones) is 1. The van der Waals surface area contributed by atoms with Gasteiger partial charge in [-0.2, -0.15) is 0 Å². The maximum absolute atomic E-state index is 11.9. The van der Waals surface area contributed by atoms with Crippen LogP contribution in [0.4, 0.5) is 0 Å². The molecule has 2 aromatic rings. The van der Waals surface area contributed by atoms with E-state index in [2.05, 4.69) is 20.9 Å². The Kier molecular flexibility index (Phi) is 3.24. The molecule has 2 aliphatic rings. The number of benzene rings is 1. The molecule has 1 aromatic carbocycles. The average molecular weight is 378 g/mol. The highest BCUT2D eigenvalue weighted by atomic mass is 79.9. The molecule has 0 saturated carbocycles. The second-order valence-electron chi connectivity index (χ2n) is 4.55. The van der Waals surface area contributed by atoms with Crippen molar-refractivity contribution in [2.45, 2.75) is 0 Å². The summed E-state index contributed by atoms with van der Waals surface area (Å²) in [6, 6.07) is 9.12. The van der Waals surface area contributed by atoms with Gasteiger partial charge in [-0.25, -0.2) is 9.79 Å². The van der Waals surface area contributed by atoms with Crippen LogP contribution in [-0.4, -0.2) is 18.7 Å². The van der Waals surface area contributed by atoms with Crippen molar-refractivity contribution in [1.82, 2.24) is 0 Å². The fourth-order valence-corrected chi connectivity index (χ4v) is 3.46. The van der Waals surface area contributed by atoms with Gasteiger partial charge in [-0.05, 0) is 52.3 Å². The molecule has 0 spiro atoms. The van der Waals surface area contributed by atoms with Crippen molar-refractivity contribution in [3.8, 4) is 11.5 Å².